The Bertz CT molecular complexity index is 1380. The number of aliphatic carboxylic acids is 1. The third-order valence-corrected chi connectivity index (χ3v) is 6.98. The van der Waals surface area contributed by atoms with E-state index in [2.05, 4.69) is 30.1 Å². The van der Waals surface area contributed by atoms with Gasteiger partial charge in [0.25, 0.3) is 0 Å². The summed E-state index contributed by atoms with van der Waals surface area (Å²) in [5.74, 6) is -1.23. The summed E-state index contributed by atoms with van der Waals surface area (Å²) < 4.78 is 0. The molecule has 5 rings (SSSR count). The molecule has 6 nitrogen and oxygen atoms in total. The first-order valence-corrected chi connectivity index (χ1v) is 12.4. The number of aryl methyl sites for hydroxylation is 1. The molecule has 1 unspecified atom stereocenters. The molecule has 1 atom stereocenters. The van der Waals surface area contributed by atoms with E-state index in [0.717, 1.165) is 45.0 Å². The van der Waals surface area contributed by atoms with E-state index < -0.39 is 12.0 Å². The summed E-state index contributed by atoms with van der Waals surface area (Å²) in [5, 5.41) is 10.9. The maximum absolute atomic E-state index is 12.2. The third kappa shape index (κ3) is 5.32. The first kappa shape index (κ1) is 27.0. The lowest BCUT2D eigenvalue weighted by Crippen LogP contribution is -2.42. The minimum absolute atomic E-state index is 0. The van der Waals surface area contributed by atoms with Gasteiger partial charge in [-0.1, -0.05) is 85.8 Å². The summed E-state index contributed by atoms with van der Waals surface area (Å²) in [4.78, 5) is 34.6. The lowest BCUT2D eigenvalue weighted by Gasteiger charge is -2.26. The molecule has 1 amide bonds. The monoisotopic (exact) mass is 528 g/mol. The Morgan fingerprint density at radius 3 is 2.11 bits per heavy atom. The van der Waals surface area contributed by atoms with E-state index in [4.69, 9.17) is 4.84 Å². The minimum Gasteiger partial charge on any atom is -0.480 e. The van der Waals surface area contributed by atoms with Crippen molar-refractivity contribution >= 4 is 24.8 Å². The number of carbonyl (C=O) groups is 2. The second-order valence-corrected chi connectivity index (χ2v) is 9.11. The molecule has 38 heavy (non-hydrogen) atoms. The van der Waals surface area contributed by atoms with Crippen LogP contribution in [0.5, 0.6) is 0 Å². The molecule has 0 radical (unpaired) electrons. The van der Waals surface area contributed by atoms with E-state index in [1.165, 1.54) is 5.56 Å². The summed E-state index contributed by atoms with van der Waals surface area (Å²) in [6, 6.07) is 26.8. The molecular formula is C31H29ClN2O4. The predicted octanol–water partition coefficient (Wildman–Crippen LogP) is 5.93. The molecule has 0 aliphatic heterocycles. The molecule has 3 aromatic carbocycles. The smallest absolute Gasteiger partial charge is 0.329 e. The molecule has 1 aromatic heterocycles. The largest absolute Gasteiger partial charge is 0.480 e. The van der Waals surface area contributed by atoms with Crippen LogP contribution in [0.3, 0.4) is 0 Å². The number of carboxylic acid groups (broad SMARTS) is 1. The Balaban J connectivity index is 0.00000336. The topological polar surface area (TPSA) is 79.7 Å². The molecule has 0 saturated heterocycles. The fraction of sp³-hybridized carbons (Fsp3) is 0.194. The van der Waals surface area contributed by atoms with Crippen LogP contribution in [0.15, 0.2) is 91.1 Å². The van der Waals surface area contributed by atoms with Gasteiger partial charge in [-0.2, -0.15) is 0 Å². The lowest BCUT2D eigenvalue weighted by molar-refractivity contribution is -0.196. The average Bonchev–Trinajstić information content (AvgIpc) is 3.26. The molecule has 1 heterocycles. The number of rotatable bonds is 10. The van der Waals surface area contributed by atoms with E-state index in [1.807, 2.05) is 66.7 Å². The van der Waals surface area contributed by atoms with Crippen LogP contribution in [0.1, 0.15) is 35.1 Å². The summed E-state index contributed by atoms with van der Waals surface area (Å²) in [6.07, 6.45) is 3.09. The van der Waals surface area contributed by atoms with Crippen molar-refractivity contribution in [2.45, 2.75) is 31.7 Å². The van der Waals surface area contributed by atoms with Crippen molar-refractivity contribution in [3.63, 3.8) is 0 Å². The molecule has 7 heteroatoms. The van der Waals surface area contributed by atoms with Gasteiger partial charge in [-0.3, -0.25) is 14.6 Å². The van der Waals surface area contributed by atoms with E-state index in [-0.39, 0.29) is 31.4 Å². The van der Waals surface area contributed by atoms with Gasteiger partial charge >= 0.3 is 5.97 Å². The lowest BCUT2D eigenvalue weighted by atomic mass is 9.98. The van der Waals surface area contributed by atoms with Crippen LogP contribution >= 0.6 is 12.4 Å². The quantitative estimate of drug-likeness (QED) is 0.204. The maximum Gasteiger partial charge on any atom is 0.329 e. The van der Waals surface area contributed by atoms with Crippen LogP contribution in [-0.4, -0.2) is 40.2 Å². The highest BCUT2D eigenvalue weighted by molar-refractivity contribution is 5.85. The molecule has 1 N–H and O–H groups in total. The number of nitrogens with zero attached hydrogens (tertiary/aromatic N) is 2. The Kier molecular flexibility index (Phi) is 8.56. The molecule has 0 spiro atoms. The molecule has 1 aliphatic rings. The predicted molar refractivity (Wildman–Crippen MR) is 149 cm³/mol. The molecule has 4 aromatic rings. The number of carboxylic acids is 1. The zero-order chi connectivity index (χ0) is 25.8. The molecular weight excluding hydrogens is 500 g/mol. The van der Waals surface area contributed by atoms with Crippen LogP contribution < -0.4 is 0 Å². The maximum atomic E-state index is 12.2. The number of halogens is 1. The minimum atomic E-state index is -1.18. The molecule has 0 saturated carbocycles. The third-order valence-electron chi connectivity index (χ3n) is 6.98. The van der Waals surface area contributed by atoms with Crippen LogP contribution in [0.25, 0.3) is 22.4 Å². The number of hydrogen-bond donors (Lipinski definition) is 1. The van der Waals surface area contributed by atoms with Gasteiger partial charge in [0.15, 0.2) is 6.04 Å². The van der Waals surface area contributed by atoms with Gasteiger partial charge in [-0.15, -0.1) is 12.4 Å². The number of hydrogen-bond acceptors (Lipinski definition) is 4. The van der Waals surface area contributed by atoms with Gasteiger partial charge in [0.2, 0.25) is 6.41 Å². The highest BCUT2D eigenvalue weighted by Crippen LogP contribution is 2.44. The van der Waals surface area contributed by atoms with Gasteiger partial charge in [-0.25, -0.2) is 9.86 Å². The van der Waals surface area contributed by atoms with Gasteiger partial charge in [-0.05, 0) is 45.9 Å². The summed E-state index contributed by atoms with van der Waals surface area (Å²) >= 11 is 0. The van der Waals surface area contributed by atoms with Crippen molar-refractivity contribution in [3.05, 3.63) is 113 Å². The van der Waals surface area contributed by atoms with Crippen LogP contribution in [0, 0.1) is 0 Å². The number of aromatic nitrogens is 1. The zero-order valence-electron chi connectivity index (χ0n) is 21.0. The summed E-state index contributed by atoms with van der Waals surface area (Å²) in [5.41, 5.74) is 8.27. The van der Waals surface area contributed by atoms with Gasteiger partial charge in [0.1, 0.15) is 0 Å². The highest BCUT2D eigenvalue weighted by Gasteiger charge is 2.31. The van der Waals surface area contributed by atoms with Gasteiger partial charge < -0.3 is 5.11 Å². The number of fused-ring (bicyclic) bond motifs is 3. The van der Waals surface area contributed by atoms with E-state index in [9.17, 15) is 14.7 Å². The van der Waals surface area contributed by atoms with E-state index >= 15 is 0 Å². The van der Waals surface area contributed by atoms with Gasteiger partial charge in [0.05, 0.1) is 12.3 Å². The van der Waals surface area contributed by atoms with Gasteiger partial charge in [0, 0.05) is 24.1 Å². The van der Waals surface area contributed by atoms with Crippen molar-refractivity contribution in [1.29, 1.82) is 0 Å². The van der Waals surface area contributed by atoms with E-state index in [1.54, 1.807) is 6.20 Å². The van der Waals surface area contributed by atoms with E-state index in [0.29, 0.717) is 12.0 Å². The Hall–Kier alpha value is -4.00. The molecule has 194 valence electrons. The SMILES string of the molecule is CCc1ccccc1-c1ccc(CC(C(=O)O)N(C=O)OCC2c3ccccc3-c3ccccc32)cn1.Cl. The van der Waals surface area contributed by atoms with Crippen molar-refractivity contribution < 1.29 is 19.5 Å². The van der Waals surface area contributed by atoms with Crippen molar-refractivity contribution in [3.8, 4) is 22.4 Å². The fourth-order valence-corrected chi connectivity index (χ4v) is 5.09. The average molecular weight is 529 g/mol. The summed E-state index contributed by atoms with van der Waals surface area (Å²) in [6.45, 7) is 2.25. The normalized spacial score (nSPS) is 12.7. The summed E-state index contributed by atoms with van der Waals surface area (Å²) in [7, 11) is 0. The first-order chi connectivity index (χ1) is 18.1. The molecule has 0 bridgehead atoms. The highest BCUT2D eigenvalue weighted by atomic mass is 35.5. The number of benzene rings is 3. The number of carbonyl (C=O) groups excluding carboxylic acids is 1. The van der Waals surface area contributed by atoms with Crippen molar-refractivity contribution in [2.75, 3.05) is 6.61 Å². The van der Waals surface area contributed by atoms with Crippen LogP contribution in [-0.2, 0) is 27.3 Å². The van der Waals surface area contributed by atoms with Crippen LogP contribution in [0.4, 0.5) is 0 Å². The molecule has 0 fully saturated rings. The number of amides is 1. The van der Waals surface area contributed by atoms with Crippen molar-refractivity contribution in [1.82, 2.24) is 10.0 Å². The second kappa shape index (κ2) is 12.0. The Morgan fingerprint density at radius 2 is 1.55 bits per heavy atom. The Labute approximate surface area is 228 Å². The number of hydroxylamine groups is 2. The van der Waals surface area contributed by atoms with Crippen molar-refractivity contribution in [2.24, 2.45) is 0 Å². The van der Waals surface area contributed by atoms with Crippen LogP contribution in [0.2, 0.25) is 0 Å². The zero-order valence-corrected chi connectivity index (χ0v) is 21.8. The fourth-order valence-electron chi connectivity index (χ4n) is 5.09. The first-order valence-electron chi connectivity index (χ1n) is 12.4. The molecule has 1 aliphatic carbocycles. The standard InChI is InChI=1S/C31H28N2O4.ClH/c1-2-22-9-3-4-10-23(22)29-16-15-21(18-32-29)17-30(31(35)36)33(20-34)37-19-28-26-13-7-5-11-24(26)25-12-6-8-14-27(25)28;/h3-16,18,20,28,30H,2,17,19H2,1H3,(H,35,36);1H. The number of pyridine rings is 1. The Morgan fingerprint density at radius 1 is 0.947 bits per heavy atom. The second-order valence-electron chi connectivity index (χ2n) is 9.11.